The molecular weight excluding hydrogens is 314 g/mol. The molecule has 0 saturated heterocycles. The van der Waals surface area contributed by atoms with Crippen LogP contribution >= 0.6 is 0 Å². The fourth-order valence-electron chi connectivity index (χ4n) is 2.79. The fourth-order valence-corrected chi connectivity index (χ4v) is 2.79. The van der Waals surface area contributed by atoms with Crippen molar-refractivity contribution < 1.29 is 0 Å². The molecule has 120 valence electrons. The second-order valence-corrected chi connectivity index (χ2v) is 5.56. The maximum absolute atomic E-state index is 4.60. The highest BCUT2D eigenvalue weighted by Crippen LogP contribution is 2.19. The van der Waals surface area contributed by atoms with E-state index in [1.165, 1.54) is 0 Å². The van der Waals surface area contributed by atoms with Crippen LogP contribution in [0, 0.1) is 0 Å². The average molecular weight is 327 g/mol. The molecule has 4 aromatic heterocycles. The van der Waals surface area contributed by atoms with Crippen molar-refractivity contribution in [3.05, 3.63) is 73.2 Å². The SMILES string of the molecule is c1ccc2nc(Nc3nc4c(-n5cccn5)cccn4n3)ccc2c1. The molecule has 0 atom stereocenters. The van der Waals surface area contributed by atoms with Crippen molar-refractivity contribution in [1.29, 1.82) is 0 Å². The standard InChI is InChI=1S/C18H13N7/c1-2-6-14-13(5-1)8-9-16(20-14)21-18-22-17-15(24-12-4-10-19-24)7-3-11-25(17)23-18/h1-12H,(H,20,21,23). The van der Waals surface area contributed by atoms with E-state index in [2.05, 4.69) is 25.5 Å². The Labute approximate surface area is 142 Å². The summed E-state index contributed by atoms with van der Waals surface area (Å²) in [5.74, 6) is 1.19. The van der Waals surface area contributed by atoms with Crippen LogP contribution in [-0.4, -0.2) is 29.4 Å². The zero-order valence-corrected chi connectivity index (χ0v) is 13.1. The number of aromatic nitrogens is 6. The number of hydrogen-bond donors (Lipinski definition) is 1. The van der Waals surface area contributed by atoms with E-state index in [1.54, 1.807) is 15.4 Å². The molecule has 1 aromatic carbocycles. The Bertz CT molecular complexity index is 1170. The fraction of sp³-hybridized carbons (Fsp3) is 0. The number of anilines is 2. The van der Waals surface area contributed by atoms with Crippen molar-refractivity contribution in [2.75, 3.05) is 5.32 Å². The Hall–Kier alpha value is -3.74. The molecule has 0 bridgehead atoms. The first kappa shape index (κ1) is 13.7. The van der Waals surface area contributed by atoms with E-state index < -0.39 is 0 Å². The van der Waals surface area contributed by atoms with Crippen LogP contribution in [0.3, 0.4) is 0 Å². The quantitative estimate of drug-likeness (QED) is 0.551. The second kappa shape index (κ2) is 5.41. The van der Waals surface area contributed by atoms with Gasteiger partial charge < -0.3 is 5.32 Å². The minimum atomic E-state index is 0.488. The number of pyridine rings is 2. The first-order valence-corrected chi connectivity index (χ1v) is 7.85. The lowest BCUT2D eigenvalue weighted by molar-refractivity contribution is 0.867. The molecule has 0 fully saturated rings. The molecule has 0 aliphatic heterocycles. The Morgan fingerprint density at radius 2 is 1.80 bits per heavy atom. The number of nitrogens with one attached hydrogen (secondary N) is 1. The van der Waals surface area contributed by atoms with E-state index in [-0.39, 0.29) is 0 Å². The third kappa shape index (κ3) is 2.38. The molecule has 5 rings (SSSR count). The molecule has 4 heterocycles. The van der Waals surface area contributed by atoms with Crippen LogP contribution in [0.25, 0.3) is 22.2 Å². The second-order valence-electron chi connectivity index (χ2n) is 5.56. The molecule has 0 aliphatic carbocycles. The summed E-state index contributed by atoms with van der Waals surface area (Å²) >= 11 is 0. The van der Waals surface area contributed by atoms with Gasteiger partial charge in [0.15, 0.2) is 5.65 Å². The number of para-hydroxylation sites is 1. The van der Waals surface area contributed by atoms with E-state index in [1.807, 2.05) is 67.0 Å². The number of fused-ring (bicyclic) bond motifs is 2. The van der Waals surface area contributed by atoms with Crippen LogP contribution < -0.4 is 5.32 Å². The lowest BCUT2D eigenvalue weighted by Crippen LogP contribution is -1.98. The maximum atomic E-state index is 4.60. The monoisotopic (exact) mass is 327 g/mol. The molecule has 25 heavy (non-hydrogen) atoms. The molecule has 7 heteroatoms. The van der Waals surface area contributed by atoms with Gasteiger partial charge in [-0.3, -0.25) is 0 Å². The van der Waals surface area contributed by atoms with Crippen LogP contribution in [0.2, 0.25) is 0 Å². The first-order valence-electron chi connectivity index (χ1n) is 7.85. The van der Waals surface area contributed by atoms with Gasteiger partial charge in [-0.25, -0.2) is 14.2 Å². The Balaban J connectivity index is 1.55. The zero-order chi connectivity index (χ0) is 16.6. The molecule has 0 unspecified atom stereocenters. The van der Waals surface area contributed by atoms with Crippen molar-refractivity contribution in [1.82, 2.24) is 29.4 Å². The largest absolute Gasteiger partial charge is 0.307 e. The Kier molecular flexibility index (Phi) is 2.96. The maximum Gasteiger partial charge on any atom is 0.248 e. The normalized spacial score (nSPS) is 11.2. The van der Waals surface area contributed by atoms with Crippen molar-refractivity contribution in [3.8, 4) is 5.69 Å². The highest BCUT2D eigenvalue weighted by molar-refractivity contribution is 5.80. The molecule has 0 radical (unpaired) electrons. The number of nitrogens with zero attached hydrogens (tertiary/aromatic N) is 6. The third-order valence-corrected chi connectivity index (χ3v) is 3.93. The van der Waals surface area contributed by atoms with Gasteiger partial charge >= 0.3 is 0 Å². The molecule has 0 spiro atoms. The summed E-state index contributed by atoms with van der Waals surface area (Å²) in [6, 6.07) is 17.7. The summed E-state index contributed by atoms with van der Waals surface area (Å²) in [5.41, 5.74) is 2.50. The highest BCUT2D eigenvalue weighted by atomic mass is 15.4. The smallest absolute Gasteiger partial charge is 0.248 e. The van der Waals surface area contributed by atoms with Gasteiger partial charge in [-0.05, 0) is 36.4 Å². The van der Waals surface area contributed by atoms with Crippen LogP contribution in [0.15, 0.2) is 73.2 Å². The Morgan fingerprint density at radius 1 is 0.840 bits per heavy atom. The van der Waals surface area contributed by atoms with E-state index in [9.17, 15) is 0 Å². The first-order chi connectivity index (χ1) is 12.4. The summed E-state index contributed by atoms with van der Waals surface area (Å²) < 4.78 is 3.49. The minimum absolute atomic E-state index is 0.488. The summed E-state index contributed by atoms with van der Waals surface area (Å²) in [6.07, 6.45) is 5.47. The zero-order valence-electron chi connectivity index (χ0n) is 13.1. The van der Waals surface area contributed by atoms with Crippen molar-refractivity contribution in [2.45, 2.75) is 0 Å². The number of benzene rings is 1. The topological polar surface area (TPSA) is 72.9 Å². The van der Waals surface area contributed by atoms with E-state index in [0.717, 1.165) is 22.2 Å². The van der Waals surface area contributed by atoms with Crippen molar-refractivity contribution in [2.24, 2.45) is 0 Å². The van der Waals surface area contributed by atoms with Gasteiger partial charge in [0.1, 0.15) is 11.5 Å². The lowest BCUT2D eigenvalue weighted by atomic mass is 10.2. The summed E-state index contributed by atoms with van der Waals surface area (Å²) in [4.78, 5) is 9.18. The lowest BCUT2D eigenvalue weighted by Gasteiger charge is -2.02. The highest BCUT2D eigenvalue weighted by Gasteiger charge is 2.10. The molecule has 0 saturated carbocycles. The average Bonchev–Trinajstić information content (AvgIpc) is 3.30. The van der Waals surface area contributed by atoms with Crippen molar-refractivity contribution in [3.63, 3.8) is 0 Å². The van der Waals surface area contributed by atoms with Gasteiger partial charge in [-0.2, -0.15) is 10.1 Å². The summed E-state index contributed by atoms with van der Waals surface area (Å²) in [6.45, 7) is 0. The van der Waals surface area contributed by atoms with Crippen LogP contribution in [0.5, 0.6) is 0 Å². The van der Waals surface area contributed by atoms with Gasteiger partial charge in [-0.1, -0.05) is 18.2 Å². The molecule has 0 amide bonds. The predicted molar refractivity (Wildman–Crippen MR) is 95.1 cm³/mol. The van der Waals surface area contributed by atoms with Gasteiger partial charge in [0.05, 0.1) is 5.52 Å². The van der Waals surface area contributed by atoms with Crippen LogP contribution in [-0.2, 0) is 0 Å². The van der Waals surface area contributed by atoms with Gasteiger partial charge in [0.2, 0.25) is 5.95 Å². The van der Waals surface area contributed by atoms with E-state index in [0.29, 0.717) is 11.8 Å². The third-order valence-electron chi connectivity index (χ3n) is 3.93. The Morgan fingerprint density at radius 3 is 2.72 bits per heavy atom. The van der Waals surface area contributed by atoms with E-state index in [4.69, 9.17) is 0 Å². The summed E-state index contributed by atoms with van der Waals surface area (Å²) in [5, 5.41) is 13.0. The van der Waals surface area contributed by atoms with E-state index >= 15 is 0 Å². The predicted octanol–water partition coefficient (Wildman–Crippen LogP) is 3.21. The van der Waals surface area contributed by atoms with Crippen molar-refractivity contribution >= 4 is 28.3 Å². The molecule has 7 nitrogen and oxygen atoms in total. The number of hydrogen-bond acceptors (Lipinski definition) is 5. The van der Waals surface area contributed by atoms with Gasteiger partial charge in [-0.15, -0.1) is 5.10 Å². The van der Waals surface area contributed by atoms with Crippen LogP contribution in [0.1, 0.15) is 0 Å². The van der Waals surface area contributed by atoms with Crippen LogP contribution in [0.4, 0.5) is 11.8 Å². The van der Waals surface area contributed by atoms with Gasteiger partial charge in [0.25, 0.3) is 0 Å². The summed E-state index contributed by atoms with van der Waals surface area (Å²) in [7, 11) is 0. The molecular formula is C18H13N7. The minimum Gasteiger partial charge on any atom is -0.307 e. The molecule has 1 N–H and O–H groups in total. The van der Waals surface area contributed by atoms with Gasteiger partial charge in [0, 0.05) is 24.0 Å². The molecule has 0 aliphatic rings. The molecule has 5 aromatic rings. The number of rotatable bonds is 3.